The molecule has 0 atom stereocenters. The molecule has 11 nitrogen and oxygen atoms in total. The fourth-order valence-electron chi connectivity index (χ4n) is 1.84. The maximum absolute atomic E-state index is 11.5. The fraction of sp³-hybridized carbons (Fsp3) is 0.429. The molecule has 11 heteroatoms. The van der Waals surface area contributed by atoms with E-state index in [2.05, 4.69) is 10.6 Å². The summed E-state index contributed by atoms with van der Waals surface area (Å²) in [6, 6.07) is 5.73. The molecule has 1 rings (SSSR count). The molecule has 0 aliphatic carbocycles. The SMILES string of the molecule is CCOC(=O)c1ccc(NCC(CNC(C)=O)([N+](=O)[O-])[N+](=O)[O-])cc1. The van der Waals surface area contributed by atoms with E-state index in [1.54, 1.807) is 6.92 Å². The minimum absolute atomic E-state index is 0.218. The number of ether oxygens (including phenoxy) is 1. The average Bonchev–Trinajstić information content (AvgIpc) is 2.55. The van der Waals surface area contributed by atoms with E-state index in [0.717, 1.165) is 6.92 Å². The zero-order valence-electron chi connectivity index (χ0n) is 13.7. The van der Waals surface area contributed by atoms with Crippen LogP contribution in [0.5, 0.6) is 0 Å². The Bertz CT molecular complexity index is 646. The fourth-order valence-corrected chi connectivity index (χ4v) is 1.84. The number of nitrogens with zero attached hydrogens (tertiary/aromatic N) is 2. The van der Waals surface area contributed by atoms with Crippen LogP contribution in [0.3, 0.4) is 0 Å². The maximum Gasteiger partial charge on any atom is 0.491 e. The average molecular weight is 354 g/mol. The van der Waals surface area contributed by atoms with Crippen LogP contribution in [0.15, 0.2) is 24.3 Å². The highest BCUT2D eigenvalue weighted by molar-refractivity contribution is 5.89. The molecule has 0 aliphatic rings. The predicted octanol–water partition coefficient (Wildman–Crippen LogP) is 0.661. The molecule has 0 saturated heterocycles. The van der Waals surface area contributed by atoms with Crippen LogP contribution in [-0.2, 0) is 9.53 Å². The van der Waals surface area contributed by atoms with Gasteiger partial charge in [-0.1, -0.05) is 0 Å². The molecule has 0 saturated carbocycles. The van der Waals surface area contributed by atoms with Crippen molar-refractivity contribution in [3.63, 3.8) is 0 Å². The van der Waals surface area contributed by atoms with E-state index in [4.69, 9.17) is 4.74 Å². The first-order chi connectivity index (χ1) is 11.7. The van der Waals surface area contributed by atoms with Crippen LogP contribution in [0.2, 0.25) is 0 Å². The Labute approximate surface area is 142 Å². The van der Waals surface area contributed by atoms with Gasteiger partial charge < -0.3 is 15.4 Å². The molecule has 0 unspecified atom stereocenters. The highest BCUT2D eigenvalue weighted by Gasteiger charge is 2.56. The predicted molar refractivity (Wildman–Crippen MR) is 86.3 cm³/mol. The van der Waals surface area contributed by atoms with Crippen LogP contribution in [0.4, 0.5) is 5.69 Å². The standard InChI is InChI=1S/C14H18N4O7/c1-3-25-13(20)11-4-6-12(7-5-11)16-9-14(17(21)22,18(23)24)8-15-10(2)19/h4-7,16H,3,8-9H2,1-2H3,(H,15,19). The quantitative estimate of drug-likeness (QED) is 0.284. The molecule has 0 bridgehead atoms. The smallest absolute Gasteiger partial charge is 0.462 e. The molecule has 25 heavy (non-hydrogen) atoms. The lowest BCUT2D eigenvalue weighted by Crippen LogP contribution is -2.58. The number of hydrogen-bond donors (Lipinski definition) is 2. The summed E-state index contributed by atoms with van der Waals surface area (Å²) in [5.74, 6) is -1.14. The van der Waals surface area contributed by atoms with E-state index in [9.17, 15) is 29.8 Å². The third-order valence-corrected chi connectivity index (χ3v) is 3.27. The molecule has 1 aromatic carbocycles. The Hall–Kier alpha value is -3.24. The van der Waals surface area contributed by atoms with Crippen LogP contribution >= 0.6 is 0 Å². The number of nitrogens with one attached hydrogen (secondary N) is 2. The Morgan fingerprint density at radius 1 is 1.12 bits per heavy atom. The van der Waals surface area contributed by atoms with E-state index in [1.165, 1.54) is 24.3 Å². The van der Waals surface area contributed by atoms with Crippen molar-refractivity contribution in [1.29, 1.82) is 0 Å². The number of hydrogen-bond acceptors (Lipinski definition) is 8. The van der Waals surface area contributed by atoms with Gasteiger partial charge in [0.05, 0.1) is 12.2 Å². The van der Waals surface area contributed by atoms with Gasteiger partial charge in [-0.15, -0.1) is 0 Å². The first-order valence-electron chi connectivity index (χ1n) is 7.27. The molecular formula is C14H18N4O7. The molecule has 136 valence electrons. The van der Waals surface area contributed by atoms with Gasteiger partial charge in [0.25, 0.3) is 0 Å². The summed E-state index contributed by atoms with van der Waals surface area (Å²) in [6.45, 7) is 1.56. The van der Waals surface area contributed by atoms with Gasteiger partial charge in [0, 0.05) is 12.6 Å². The summed E-state index contributed by atoms with van der Waals surface area (Å²) >= 11 is 0. The van der Waals surface area contributed by atoms with E-state index < -0.39 is 40.5 Å². The molecule has 0 aliphatic heterocycles. The van der Waals surface area contributed by atoms with Crippen molar-refractivity contribution in [2.45, 2.75) is 19.5 Å². The first kappa shape index (κ1) is 19.8. The normalized spacial score (nSPS) is 10.6. The summed E-state index contributed by atoms with van der Waals surface area (Å²) in [5, 5.41) is 27.1. The maximum atomic E-state index is 11.5. The molecule has 1 amide bonds. The Kier molecular flexibility index (Phi) is 6.79. The Morgan fingerprint density at radius 3 is 2.12 bits per heavy atom. The second kappa shape index (κ2) is 8.57. The van der Waals surface area contributed by atoms with E-state index in [1.807, 2.05) is 0 Å². The number of amides is 1. The van der Waals surface area contributed by atoms with Crippen molar-refractivity contribution >= 4 is 17.6 Å². The molecule has 0 fully saturated rings. The van der Waals surface area contributed by atoms with E-state index in [-0.39, 0.29) is 12.2 Å². The minimum Gasteiger partial charge on any atom is -0.462 e. The van der Waals surface area contributed by atoms with Crippen molar-refractivity contribution in [1.82, 2.24) is 5.32 Å². The lowest BCUT2D eigenvalue weighted by Gasteiger charge is -2.18. The number of anilines is 1. The number of rotatable bonds is 9. The second-order valence-corrected chi connectivity index (χ2v) is 5.06. The third-order valence-electron chi connectivity index (χ3n) is 3.27. The Morgan fingerprint density at radius 2 is 1.68 bits per heavy atom. The molecule has 0 spiro atoms. The van der Waals surface area contributed by atoms with E-state index >= 15 is 0 Å². The topological polar surface area (TPSA) is 154 Å². The first-order valence-corrected chi connectivity index (χ1v) is 7.27. The highest BCUT2D eigenvalue weighted by atomic mass is 16.7. The minimum atomic E-state index is -2.62. The molecule has 1 aromatic rings. The monoisotopic (exact) mass is 354 g/mol. The largest absolute Gasteiger partial charge is 0.491 e. The lowest BCUT2D eigenvalue weighted by molar-refractivity contribution is -0.789. The lowest BCUT2D eigenvalue weighted by atomic mass is 10.1. The van der Waals surface area contributed by atoms with Crippen LogP contribution in [0.1, 0.15) is 24.2 Å². The van der Waals surface area contributed by atoms with Crippen molar-refractivity contribution in [2.24, 2.45) is 0 Å². The molecule has 2 N–H and O–H groups in total. The van der Waals surface area contributed by atoms with Crippen molar-refractivity contribution < 1.29 is 24.2 Å². The van der Waals surface area contributed by atoms with Crippen LogP contribution in [-0.4, -0.2) is 47.1 Å². The van der Waals surface area contributed by atoms with Gasteiger partial charge >= 0.3 is 11.6 Å². The zero-order valence-corrected chi connectivity index (χ0v) is 13.7. The second-order valence-electron chi connectivity index (χ2n) is 5.06. The van der Waals surface area contributed by atoms with Gasteiger partial charge in [-0.2, -0.15) is 0 Å². The molecular weight excluding hydrogens is 336 g/mol. The molecule has 0 radical (unpaired) electrons. The summed E-state index contributed by atoms with van der Waals surface area (Å²) in [6.07, 6.45) is 0. The summed E-state index contributed by atoms with van der Waals surface area (Å²) < 4.78 is 4.82. The Balaban J connectivity index is 2.88. The van der Waals surface area contributed by atoms with Gasteiger partial charge in [0.1, 0.15) is 9.85 Å². The van der Waals surface area contributed by atoms with Crippen molar-refractivity contribution in [3.05, 3.63) is 50.1 Å². The summed E-state index contributed by atoms with van der Waals surface area (Å²) in [4.78, 5) is 42.8. The van der Waals surface area contributed by atoms with E-state index in [0.29, 0.717) is 5.69 Å². The highest BCUT2D eigenvalue weighted by Crippen LogP contribution is 2.15. The number of carbonyl (C=O) groups is 2. The molecule has 0 aromatic heterocycles. The van der Waals surface area contributed by atoms with Gasteiger partial charge in [0.15, 0.2) is 13.1 Å². The van der Waals surface area contributed by atoms with Gasteiger partial charge in [-0.25, -0.2) is 4.79 Å². The summed E-state index contributed by atoms with van der Waals surface area (Å²) in [7, 11) is 0. The third kappa shape index (κ3) is 5.12. The number of esters is 1. The van der Waals surface area contributed by atoms with Gasteiger partial charge in [0.2, 0.25) is 5.91 Å². The van der Waals surface area contributed by atoms with Crippen molar-refractivity contribution in [2.75, 3.05) is 25.0 Å². The number of carbonyl (C=O) groups excluding carboxylic acids is 2. The molecule has 0 heterocycles. The van der Waals surface area contributed by atoms with Gasteiger partial charge in [-0.3, -0.25) is 25.0 Å². The number of nitro groups is 2. The van der Waals surface area contributed by atoms with Gasteiger partial charge in [-0.05, 0) is 31.2 Å². The number of benzene rings is 1. The zero-order chi connectivity index (χ0) is 19.0. The van der Waals surface area contributed by atoms with Crippen LogP contribution < -0.4 is 10.6 Å². The van der Waals surface area contributed by atoms with Crippen molar-refractivity contribution in [3.8, 4) is 0 Å². The van der Waals surface area contributed by atoms with Crippen LogP contribution in [0.25, 0.3) is 0 Å². The summed E-state index contributed by atoms with van der Waals surface area (Å²) in [5.41, 5.74) is -2.00. The van der Waals surface area contributed by atoms with Crippen LogP contribution in [0, 0.1) is 20.2 Å².